The van der Waals surface area contributed by atoms with Crippen molar-refractivity contribution in [3.05, 3.63) is 116 Å². The first-order chi connectivity index (χ1) is 17.0. The highest BCUT2D eigenvalue weighted by Gasteiger charge is 2.37. The molecule has 2 aliphatic rings. The molecule has 0 unspecified atom stereocenters. The number of fused-ring (bicyclic) bond motifs is 2. The quantitative estimate of drug-likeness (QED) is 0.331. The molecule has 6 heteroatoms. The predicted molar refractivity (Wildman–Crippen MR) is 139 cm³/mol. The van der Waals surface area contributed by atoms with Gasteiger partial charge >= 0.3 is 0 Å². The molecule has 174 valence electrons. The first-order valence-corrected chi connectivity index (χ1v) is 12.0. The number of nitrogens with one attached hydrogen (secondary N) is 2. The molecule has 1 aromatic heterocycles. The lowest BCUT2D eigenvalue weighted by Gasteiger charge is -2.30. The Balaban J connectivity index is 1.53. The van der Waals surface area contributed by atoms with Crippen molar-refractivity contribution in [3.8, 4) is 0 Å². The maximum Gasteiger partial charge on any atom is 0.198 e. The summed E-state index contributed by atoms with van der Waals surface area (Å²) in [6.07, 6.45) is 2.41. The molecule has 0 spiro atoms. The lowest BCUT2D eigenvalue weighted by atomic mass is 9.78. The average molecular weight is 483 g/mol. The average Bonchev–Trinajstić information content (AvgIpc) is 3.02. The minimum atomic E-state index is -0.637. The molecule has 0 bridgehead atoms. The number of anilines is 2. The van der Waals surface area contributed by atoms with Crippen LogP contribution in [0.4, 0.5) is 11.4 Å². The van der Waals surface area contributed by atoms with E-state index < -0.39 is 6.04 Å². The normalized spacial score (nSPS) is 19.4. The first kappa shape index (κ1) is 21.7. The van der Waals surface area contributed by atoms with Gasteiger partial charge in [-0.1, -0.05) is 53.6 Å². The lowest BCUT2D eigenvalue weighted by Crippen LogP contribution is -2.29. The second kappa shape index (κ2) is 8.43. The molecule has 0 radical (unpaired) electrons. The van der Waals surface area contributed by atoms with E-state index in [0.717, 1.165) is 28.2 Å². The highest BCUT2D eigenvalue weighted by Crippen LogP contribution is 2.44. The van der Waals surface area contributed by atoms with E-state index in [1.165, 1.54) is 6.26 Å². The molecule has 4 aromatic rings. The van der Waals surface area contributed by atoms with Gasteiger partial charge in [-0.25, -0.2) is 0 Å². The number of benzene rings is 3. The van der Waals surface area contributed by atoms with Crippen LogP contribution in [0, 0.1) is 6.92 Å². The van der Waals surface area contributed by atoms with Gasteiger partial charge in [0.15, 0.2) is 11.2 Å². The van der Waals surface area contributed by atoms with E-state index >= 15 is 0 Å². The summed E-state index contributed by atoms with van der Waals surface area (Å²) in [4.78, 5) is 27.4. The van der Waals surface area contributed by atoms with Crippen LogP contribution in [0.2, 0.25) is 5.02 Å². The van der Waals surface area contributed by atoms with Crippen LogP contribution in [0.5, 0.6) is 0 Å². The van der Waals surface area contributed by atoms with E-state index in [-0.39, 0.29) is 17.1 Å². The highest BCUT2D eigenvalue weighted by molar-refractivity contribution is 6.31. The minimum Gasteiger partial charge on any atom is -0.464 e. The molecule has 2 N–H and O–H groups in total. The highest BCUT2D eigenvalue weighted by atomic mass is 35.5. The van der Waals surface area contributed by atoms with E-state index in [1.807, 2.05) is 67.6 Å². The number of hydrogen-bond acceptors (Lipinski definition) is 5. The molecular weight excluding hydrogens is 460 g/mol. The summed E-state index contributed by atoms with van der Waals surface area (Å²) in [6, 6.07) is 20.4. The number of halogens is 1. The van der Waals surface area contributed by atoms with Crippen molar-refractivity contribution in [2.45, 2.75) is 31.7 Å². The van der Waals surface area contributed by atoms with Crippen molar-refractivity contribution < 1.29 is 9.21 Å². The van der Waals surface area contributed by atoms with Gasteiger partial charge in [-0.3, -0.25) is 9.59 Å². The Labute approximate surface area is 207 Å². The minimum absolute atomic E-state index is 0.0160. The zero-order chi connectivity index (χ0) is 24.1. The van der Waals surface area contributed by atoms with Crippen LogP contribution >= 0.6 is 11.6 Å². The molecule has 2 atom stereocenters. The summed E-state index contributed by atoms with van der Waals surface area (Å²) >= 11 is 6.49. The SMILES string of the molecule is Cc1ccc2occ([C@H]3Nc4ccccc4NC4=C3C(=O)C[C@H](c3ccccc3Cl)C4)c(=O)c2c1. The number of carbonyl (C=O) groups is 1. The van der Waals surface area contributed by atoms with Gasteiger partial charge in [0.25, 0.3) is 0 Å². The molecule has 0 amide bonds. The Bertz CT molecular complexity index is 1590. The smallest absolute Gasteiger partial charge is 0.198 e. The number of hydrogen-bond donors (Lipinski definition) is 2. The van der Waals surface area contributed by atoms with Crippen LogP contribution in [-0.4, -0.2) is 5.78 Å². The Morgan fingerprint density at radius 2 is 1.69 bits per heavy atom. The van der Waals surface area contributed by atoms with Gasteiger partial charge in [0.1, 0.15) is 11.8 Å². The summed E-state index contributed by atoms with van der Waals surface area (Å²) in [7, 11) is 0. The Morgan fingerprint density at radius 3 is 2.51 bits per heavy atom. The lowest BCUT2D eigenvalue weighted by molar-refractivity contribution is -0.116. The summed E-state index contributed by atoms with van der Waals surface area (Å²) in [5.41, 5.74) is 5.78. The van der Waals surface area contributed by atoms with Crippen LogP contribution in [0.1, 0.15) is 41.5 Å². The van der Waals surface area contributed by atoms with Crippen molar-refractivity contribution in [2.75, 3.05) is 10.6 Å². The number of ketones is 1. The summed E-state index contributed by atoms with van der Waals surface area (Å²) < 4.78 is 5.87. The molecular formula is C29H23ClN2O3. The topological polar surface area (TPSA) is 71.3 Å². The number of aryl methyl sites for hydroxylation is 1. The van der Waals surface area contributed by atoms with Crippen molar-refractivity contribution in [1.29, 1.82) is 0 Å². The third kappa shape index (κ3) is 3.72. The maximum atomic E-state index is 13.7. The van der Waals surface area contributed by atoms with E-state index in [1.54, 1.807) is 6.07 Å². The number of rotatable bonds is 2. The molecule has 5 nitrogen and oxygen atoms in total. The fourth-order valence-electron chi connectivity index (χ4n) is 5.21. The largest absolute Gasteiger partial charge is 0.464 e. The molecule has 1 aliphatic carbocycles. The third-order valence-electron chi connectivity index (χ3n) is 6.92. The van der Waals surface area contributed by atoms with Crippen LogP contribution < -0.4 is 16.1 Å². The molecule has 0 fully saturated rings. The summed E-state index contributed by atoms with van der Waals surface area (Å²) in [6.45, 7) is 1.94. The summed E-state index contributed by atoms with van der Waals surface area (Å²) in [5.74, 6) is -0.0678. The van der Waals surface area contributed by atoms with Gasteiger partial charge in [-0.2, -0.15) is 0 Å². The van der Waals surface area contributed by atoms with Gasteiger partial charge < -0.3 is 15.1 Å². The second-order valence-electron chi connectivity index (χ2n) is 9.21. The van der Waals surface area contributed by atoms with E-state index in [0.29, 0.717) is 40.0 Å². The maximum absolute atomic E-state index is 13.7. The van der Waals surface area contributed by atoms with Crippen LogP contribution in [-0.2, 0) is 4.79 Å². The molecule has 35 heavy (non-hydrogen) atoms. The molecule has 0 saturated carbocycles. The van der Waals surface area contributed by atoms with Crippen molar-refractivity contribution in [1.82, 2.24) is 0 Å². The Kier molecular flexibility index (Phi) is 5.23. The molecule has 3 aromatic carbocycles. The monoisotopic (exact) mass is 482 g/mol. The van der Waals surface area contributed by atoms with Crippen LogP contribution in [0.3, 0.4) is 0 Å². The van der Waals surface area contributed by atoms with Crippen LogP contribution in [0.25, 0.3) is 11.0 Å². The molecule has 1 aliphatic heterocycles. The Hall–Kier alpha value is -3.83. The van der Waals surface area contributed by atoms with Gasteiger partial charge in [0.2, 0.25) is 0 Å². The zero-order valence-electron chi connectivity index (χ0n) is 19.1. The fraction of sp³-hybridized carbons (Fsp3) is 0.172. The number of carbonyl (C=O) groups excluding carboxylic acids is 1. The zero-order valence-corrected chi connectivity index (χ0v) is 19.9. The standard InChI is InChI=1S/C29H23ClN2O3/c1-16-10-11-26-19(12-16)29(34)20(15-35-26)28-27-24(31-22-8-4-5-9-23(22)32-28)13-17(14-25(27)33)18-6-2-3-7-21(18)30/h2-12,15,17,28,31-32H,13-14H2,1H3/t17-,28-/m1/s1. The second-order valence-corrected chi connectivity index (χ2v) is 9.62. The van der Waals surface area contributed by atoms with Crippen LogP contribution in [0.15, 0.2) is 93.5 Å². The van der Waals surface area contributed by atoms with Gasteiger partial charge in [0.05, 0.1) is 28.4 Å². The molecule has 6 rings (SSSR count). The van der Waals surface area contributed by atoms with Crippen molar-refractivity contribution in [3.63, 3.8) is 0 Å². The van der Waals surface area contributed by atoms with Gasteiger partial charge in [-0.15, -0.1) is 0 Å². The fourth-order valence-corrected chi connectivity index (χ4v) is 5.50. The van der Waals surface area contributed by atoms with E-state index in [9.17, 15) is 9.59 Å². The number of Topliss-reactive ketones (excluding diaryl/α,β-unsaturated/α-hetero) is 1. The Morgan fingerprint density at radius 1 is 0.914 bits per heavy atom. The third-order valence-corrected chi connectivity index (χ3v) is 7.26. The number of para-hydroxylation sites is 2. The predicted octanol–water partition coefficient (Wildman–Crippen LogP) is 6.73. The number of allylic oxidation sites excluding steroid dienone is 1. The van der Waals surface area contributed by atoms with Gasteiger partial charge in [0, 0.05) is 22.7 Å². The van der Waals surface area contributed by atoms with E-state index in [2.05, 4.69) is 10.6 Å². The summed E-state index contributed by atoms with van der Waals surface area (Å²) in [5, 5.41) is 8.13. The van der Waals surface area contributed by atoms with E-state index in [4.69, 9.17) is 16.0 Å². The van der Waals surface area contributed by atoms with Crippen molar-refractivity contribution >= 4 is 39.7 Å². The molecule has 0 saturated heterocycles. The van der Waals surface area contributed by atoms with Gasteiger partial charge in [-0.05, 0) is 55.2 Å². The first-order valence-electron chi connectivity index (χ1n) is 11.6. The van der Waals surface area contributed by atoms with Crippen molar-refractivity contribution in [2.24, 2.45) is 0 Å². The molecule has 2 heterocycles.